The topological polar surface area (TPSA) is 3.24 Å². The smallest absolute Gasteiger partial charge is 0.00579 e. The molecule has 0 bridgehead atoms. The van der Waals surface area contributed by atoms with E-state index in [2.05, 4.69) is 32.5 Å². The first-order chi connectivity index (χ1) is 7.68. The first-order valence-corrected chi connectivity index (χ1v) is 7.03. The third-order valence-electron chi connectivity index (χ3n) is 3.20. The van der Waals surface area contributed by atoms with Gasteiger partial charge in [0, 0.05) is 19.8 Å². The molecular weight excluding hydrogens is 194 g/mol. The van der Waals surface area contributed by atoms with Crippen molar-refractivity contribution in [3.8, 4) is 0 Å². The predicted octanol–water partition coefficient (Wildman–Crippen LogP) is 4.98. The fourth-order valence-electron chi connectivity index (χ4n) is 1.86. The van der Waals surface area contributed by atoms with Crippen molar-refractivity contribution >= 4 is 0 Å². The molecule has 0 fully saturated rings. The zero-order valence-electron chi connectivity index (χ0n) is 11.7. The summed E-state index contributed by atoms with van der Waals surface area (Å²) in [6, 6.07) is 0. The molecule has 0 heterocycles. The number of hydrogen-bond acceptors (Lipinski definition) is 1. The fraction of sp³-hybridized carbons (Fsp3) is 0.867. The highest BCUT2D eigenvalue weighted by Crippen LogP contribution is 2.13. The van der Waals surface area contributed by atoms with Crippen LogP contribution in [0.5, 0.6) is 0 Å². The van der Waals surface area contributed by atoms with Gasteiger partial charge in [0.2, 0.25) is 0 Å². The third-order valence-corrected chi connectivity index (χ3v) is 3.20. The van der Waals surface area contributed by atoms with Gasteiger partial charge in [0.05, 0.1) is 0 Å². The average molecular weight is 225 g/mol. The lowest BCUT2D eigenvalue weighted by atomic mass is 10.1. The Hall–Kier alpha value is -0.460. The van der Waals surface area contributed by atoms with E-state index in [9.17, 15) is 0 Å². The molecule has 0 aliphatic rings. The Labute approximate surface area is 103 Å². The number of rotatable bonds is 11. The predicted molar refractivity (Wildman–Crippen MR) is 74.7 cm³/mol. The van der Waals surface area contributed by atoms with E-state index >= 15 is 0 Å². The molecule has 0 spiro atoms. The van der Waals surface area contributed by atoms with Gasteiger partial charge in [-0.15, -0.1) is 0 Å². The molecule has 0 atom stereocenters. The summed E-state index contributed by atoms with van der Waals surface area (Å²) in [4.78, 5) is 2.13. The van der Waals surface area contributed by atoms with Crippen molar-refractivity contribution in [3.63, 3.8) is 0 Å². The average Bonchev–Trinajstić information content (AvgIpc) is 2.26. The molecule has 0 aliphatic carbocycles. The third kappa shape index (κ3) is 10.1. The maximum Gasteiger partial charge on any atom is 0.00579 e. The minimum atomic E-state index is 1.17. The molecule has 0 aromatic heterocycles. The van der Waals surface area contributed by atoms with E-state index < -0.39 is 0 Å². The largest absolute Gasteiger partial charge is 0.381 e. The summed E-state index contributed by atoms with van der Waals surface area (Å²) in [6.07, 6.45) is 13.8. The Balaban J connectivity index is 3.07. The minimum absolute atomic E-state index is 1.17. The van der Waals surface area contributed by atoms with E-state index in [-0.39, 0.29) is 0 Å². The molecule has 16 heavy (non-hydrogen) atoms. The van der Waals surface area contributed by atoms with Crippen LogP contribution in [0.25, 0.3) is 0 Å². The van der Waals surface area contributed by atoms with Crippen molar-refractivity contribution in [1.29, 1.82) is 0 Å². The van der Waals surface area contributed by atoms with Crippen LogP contribution in [0.1, 0.15) is 71.1 Å². The lowest BCUT2D eigenvalue weighted by Gasteiger charge is -2.15. The number of allylic oxidation sites excluding steroid dienone is 1. The SMILES string of the molecule is C=C(CCCCCCCCCCC)N(C)C. The second-order valence-electron chi connectivity index (χ2n) is 5.04. The maximum atomic E-state index is 4.05. The summed E-state index contributed by atoms with van der Waals surface area (Å²) in [7, 11) is 4.16. The van der Waals surface area contributed by atoms with Gasteiger partial charge in [0.25, 0.3) is 0 Å². The molecule has 1 heteroatoms. The highest BCUT2D eigenvalue weighted by molar-refractivity contribution is 4.89. The molecule has 0 aliphatic heterocycles. The maximum absolute atomic E-state index is 4.05. The van der Waals surface area contributed by atoms with Crippen LogP contribution >= 0.6 is 0 Å². The van der Waals surface area contributed by atoms with Gasteiger partial charge in [-0.2, -0.15) is 0 Å². The summed E-state index contributed by atoms with van der Waals surface area (Å²) in [5, 5.41) is 0. The molecule has 0 rings (SSSR count). The van der Waals surface area contributed by atoms with Crippen molar-refractivity contribution in [2.75, 3.05) is 14.1 Å². The van der Waals surface area contributed by atoms with Gasteiger partial charge in [0.15, 0.2) is 0 Å². The molecule has 0 aromatic carbocycles. The molecule has 1 nitrogen and oxygen atoms in total. The van der Waals surface area contributed by atoms with E-state index in [1.54, 1.807) is 0 Å². The zero-order valence-corrected chi connectivity index (χ0v) is 11.7. The second-order valence-corrected chi connectivity index (χ2v) is 5.04. The Morgan fingerprint density at radius 3 is 1.69 bits per heavy atom. The van der Waals surface area contributed by atoms with Crippen molar-refractivity contribution in [2.24, 2.45) is 0 Å². The molecule has 96 valence electrons. The molecule has 0 unspecified atom stereocenters. The van der Waals surface area contributed by atoms with Crippen LogP contribution < -0.4 is 0 Å². The first kappa shape index (κ1) is 15.5. The molecule has 0 saturated heterocycles. The summed E-state index contributed by atoms with van der Waals surface area (Å²) >= 11 is 0. The number of hydrogen-bond donors (Lipinski definition) is 0. The number of nitrogens with zero attached hydrogens (tertiary/aromatic N) is 1. The van der Waals surface area contributed by atoms with Gasteiger partial charge < -0.3 is 4.90 Å². The zero-order chi connectivity index (χ0) is 12.2. The van der Waals surface area contributed by atoms with Crippen LogP contribution in [-0.2, 0) is 0 Å². The van der Waals surface area contributed by atoms with Gasteiger partial charge in [-0.25, -0.2) is 0 Å². The van der Waals surface area contributed by atoms with E-state index in [1.165, 1.54) is 69.9 Å². The lowest BCUT2D eigenvalue weighted by Crippen LogP contribution is -2.09. The molecule has 0 aromatic rings. The summed E-state index contributed by atoms with van der Waals surface area (Å²) in [6.45, 7) is 6.32. The number of unbranched alkanes of at least 4 members (excludes halogenated alkanes) is 8. The Morgan fingerprint density at radius 2 is 1.25 bits per heavy atom. The fourth-order valence-corrected chi connectivity index (χ4v) is 1.86. The monoisotopic (exact) mass is 225 g/mol. The van der Waals surface area contributed by atoms with Crippen LogP contribution in [0.2, 0.25) is 0 Å². The van der Waals surface area contributed by atoms with Crippen LogP contribution in [-0.4, -0.2) is 19.0 Å². The highest BCUT2D eigenvalue weighted by Gasteiger charge is 1.96. The quantitative estimate of drug-likeness (QED) is 0.448. The molecular formula is C15H31N. The normalized spacial score (nSPS) is 10.4. The van der Waals surface area contributed by atoms with Gasteiger partial charge in [0.1, 0.15) is 0 Å². The Morgan fingerprint density at radius 1 is 0.812 bits per heavy atom. The summed E-state index contributed by atoms with van der Waals surface area (Å²) in [5.74, 6) is 0. The van der Waals surface area contributed by atoms with Crippen LogP contribution in [0.15, 0.2) is 12.3 Å². The molecule has 0 radical (unpaired) electrons. The second kappa shape index (κ2) is 11.0. The van der Waals surface area contributed by atoms with Gasteiger partial charge in [-0.05, 0) is 12.8 Å². The van der Waals surface area contributed by atoms with E-state index in [0.717, 1.165) is 0 Å². The van der Waals surface area contributed by atoms with Crippen molar-refractivity contribution in [1.82, 2.24) is 4.90 Å². The molecule has 0 amide bonds. The van der Waals surface area contributed by atoms with Gasteiger partial charge >= 0.3 is 0 Å². The Bertz CT molecular complexity index is 161. The first-order valence-electron chi connectivity index (χ1n) is 7.03. The van der Waals surface area contributed by atoms with Crippen molar-refractivity contribution in [2.45, 2.75) is 71.1 Å². The highest BCUT2D eigenvalue weighted by atomic mass is 15.1. The van der Waals surface area contributed by atoms with E-state index in [4.69, 9.17) is 0 Å². The van der Waals surface area contributed by atoms with Crippen LogP contribution in [0, 0.1) is 0 Å². The van der Waals surface area contributed by atoms with Crippen molar-refractivity contribution < 1.29 is 0 Å². The van der Waals surface area contributed by atoms with Crippen LogP contribution in [0.4, 0.5) is 0 Å². The van der Waals surface area contributed by atoms with E-state index in [1.807, 2.05) is 0 Å². The standard InChI is InChI=1S/C15H31N/c1-5-6-7-8-9-10-11-12-13-14-15(2)16(3)4/h2,5-14H2,1,3-4H3. The van der Waals surface area contributed by atoms with Crippen molar-refractivity contribution in [3.05, 3.63) is 12.3 Å². The van der Waals surface area contributed by atoms with Crippen LogP contribution in [0.3, 0.4) is 0 Å². The lowest BCUT2D eigenvalue weighted by molar-refractivity contribution is 0.473. The van der Waals surface area contributed by atoms with Gasteiger partial charge in [-0.1, -0.05) is 64.9 Å². The van der Waals surface area contributed by atoms with E-state index in [0.29, 0.717) is 0 Å². The Kier molecular flexibility index (Phi) is 10.7. The molecule has 0 N–H and O–H groups in total. The minimum Gasteiger partial charge on any atom is -0.381 e. The van der Waals surface area contributed by atoms with Gasteiger partial charge in [-0.3, -0.25) is 0 Å². The molecule has 0 saturated carbocycles. The summed E-state index contributed by atoms with van der Waals surface area (Å²) in [5.41, 5.74) is 1.27. The summed E-state index contributed by atoms with van der Waals surface area (Å²) < 4.78 is 0.